The van der Waals surface area contributed by atoms with E-state index in [1.54, 1.807) is 34.1 Å². The van der Waals surface area contributed by atoms with Crippen molar-refractivity contribution in [1.82, 2.24) is 4.90 Å². The molecule has 0 aromatic heterocycles. The van der Waals surface area contributed by atoms with Crippen LogP contribution in [-0.4, -0.2) is 63.7 Å². The first-order valence-corrected chi connectivity index (χ1v) is 10.8. The first kappa shape index (κ1) is 20.6. The number of methoxy groups -OCH3 is 1. The summed E-state index contributed by atoms with van der Waals surface area (Å²) in [6.45, 7) is 1.57. The Morgan fingerprint density at radius 2 is 1.79 bits per heavy atom. The van der Waals surface area contributed by atoms with Gasteiger partial charge in [-0.2, -0.15) is 0 Å². The number of nitro benzene ring substituents is 1. The maximum atomic E-state index is 12.7. The quantitative estimate of drug-likeness (QED) is 0.538. The number of hydrogen-bond acceptors (Lipinski definition) is 7. The highest BCUT2D eigenvalue weighted by molar-refractivity contribution is 7.90. The van der Waals surface area contributed by atoms with Crippen LogP contribution in [0.5, 0.6) is 5.75 Å². The van der Waals surface area contributed by atoms with E-state index in [4.69, 9.17) is 4.74 Å². The Hall–Kier alpha value is -3.14. The van der Waals surface area contributed by atoms with Crippen LogP contribution in [0.1, 0.15) is 10.4 Å². The Labute approximate surface area is 168 Å². The summed E-state index contributed by atoms with van der Waals surface area (Å²) >= 11 is 0. The van der Waals surface area contributed by atoms with Gasteiger partial charge >= 0.3 is 0 Å². The summed E-state index contributed by atoms with van der Waals surface area (Å²) in [6.07, 6.45) is 1.01. The zero-order valence-electron chi connectivity index (χ0n) is 16.1. The molecule has 0 unspecified atom stereocenters. The number of sulfone groups is 1. The van der Waals surface area contributed by atoms with Crippen LogP contribution in [0, 0.1) is 10.1 Å². The Morgan fingerprint density at radius 3 is 2.38 bits per heavy atom. The summed E-state index contributed by atoms with van der Waals surface area (Å²) < 4.78 is 28.6. The van der Waals surface area contributed by atoms with E-state index >= 15 is 0 Å². The first-order valence-electron chi connectivity index (χ1n) is 8.87. The number of hydrogen-bond donors (Lipinski definition) is 0. The summed E-state index contributed by atoms with van der Waals surface area (Å²) in [7, 11) is -2.02. The molecule has 29 heavy (non-hydrogen) atoms. The van der Waals surface area contributed by atoms with Gasteiger partial charge in [0.05, 0.1) is 16.9 Å². The molecule has 0 radical (unpaired) electrons. The van der Waals surface area contributed by atoms with E-state index in [-0.39, 0.29) is 16.5 Å². The number of nitrogens with zero attached hydrogens (tertiary/aromatic N) is 3. The molecule has 0 atom stereocenters. The van der Waals surface area contributed by atoms with Gasteiger partial charge in [0, 0.05) is 44.1 Å². The van der Waals surface area contributed by atoms with Gasteiger partial charge in [-0.15, -0.1) is 0 Å². The third kappa shape index (κ3) is 4.48. The van der Waals surface area contributed by atoms with Crippen LogP contribution in [-0.2, 0) is 9.84 Å². The number of carbonyl (C=O) groups is 1. The van der Waals surface area contributed by atoms with E-state index in [2.05, 4.69) is 0 Å². The predicted octanol–water partition coefficient (Wildman–Crippen LogP) is 1.97. The average molecular weight is 419 g/mol. The monoisotopic (exact) mass is 419 g/mol. The van der Waals surface area contributed by atoms with E-state index in [9.17, 15) is 23.3 Å². The van der Waals surface area contributed by atoms with Gasteiger partial charge in [0.2, 0.25) is 0 Å². The minimum Gasteiger partial charge on any atom is -0.497 e. The lowest BCUT2D eigenvalue weighted by molar-refractivity contribution is -0.384. The maximum absolute atomic E-state index is 12.7. The van der Waals surface area contributed by atoms with Gasteiger partial charge < -0.3 is 14.5 Å². The van der Waals surface area contributed by atoms with E-state index in [0.29, 0.717) is 43.2 Å². The van der Waals surface area contributed by atoms with Crippen LogP contribution in [0.3, 0.4) is 0 Å². The number of rotatable bonds is 5. The van der Waals surface area contributed by atoms with Crippen molar-refractivity contribution in [2.24, 2.45) is 0 Å². The third-order valence-corrected chi connectivity index (χ3v) is 5.91. The van der Waals surface area contributed by atoms with Crippen molar-refractivity contribution < 1.29 is 22.9 Å². The highest BCUT2D eigenvalue weighted by Crippen LogP contribution is 2.31. The Bertz CT molecular complexity index is 1050. The number of amides is 1. The lowest BCUT2D eigenvalue weighted by Crippen LogP contribution is -2.49. The fourth-order valence-corrected chi connectivity index (χ4v) is 3.88. The second-order valence-electron chi connectivity index (χ2n) is 6.69. The average Bonchev–Trinajstić information content (AvgIpc) is 2.72. The molecular formula is C19H21N3O6S. The van der Waals surface area contributed by atoms with Gasteiger partial charge in [0.15, 0.2) is 9.84 Å². The van der Waals surface area contributed by atoms with Crippen molar-refractivity contribution in [3.05, 3.63) is 58.1 Å². The molecule has 1 aliphatic rings. The molecule has 0 saturated carbocycles. The highest BCUT2D eigenvalue weighted by Gasteiger charge is 2.27. The van der Waals surface area contributed by atoms with Gasteiger partial charge in [-0.05, 0) is 30.3 Å². The van der Waals surface area contributed by atoms with Crippen molar-refractivity contribution in [1.29, 1.82) is 0 Å². The van der Waals surface area contributed by atoms with Crippen molar-refractivity contribution in [2.45, 2.75) is 4.90 Å². The lowest BCUT2D eigenvalue weighted by Gasteiger charge is -2.36. The maximum Gasteiger partial charge on any atom is 0.293 e. The van der Waals surface area contributed by atoms with Gasteiger partial charge in [-0.25, -0.2) is 8.42 Å². The Balaban J connectivity index is 1.76. The van der Waals surface area contributed by atoms with Crippen molar-refractivity contribution in [2.75, 3.05) is 44.4 Å². The minimum atomic E-state index is -3.55. The Kier molecular flexibility index (Phi) is 5.73. The van der Waals surface area contributed by atoms with E-state index in [0.717, 1.165) is 12.3 Å². The molecule has 3 rings (SSSR count). The summed E-state index contributed by atoms with van der Waals surface area (Å²) in [5, 5.41) is 11.5. The summed E-state index contributed by atoms with van der Waals surface area (Å²) in [6, 6.07) is 10.8. The molecule has 0 spiro atoms. The van der Waals surface area contributed by atoms with E-state index in [1.807, 2.05) is 0 Å². The molecular weight excluding hydrogens is 398 g/mol. The highest BCUT2D eigenvalue weighted by atomic mass is 32.2. The number of piperazine rings is 1. The van der Waals surface area contributed by atoms with Crippen LogP contribution in [0.15, 0.2) is 47.4 Å². The van der Waals surface area contributed by atoms with Gasteiger partial charge in [-0.1, -0.05) is 6.07 Å². The molecule has 0 bridgehead atoms. The van der Waals surface area contributed by atoms with Gasteiger partial charge in [0.25, 0.3) is 11.6 Å². The van der Waals surface area contributed by atoms with Crippen LogP contribution < -0.4 is 9.64 Å². The summed E-state index contributed by atoms with van der Waals surface area (Å²) in [5.41, 5.74) is 0.595. The SMILES string of the molecule is COc1cccc(C(=O)N2CCN(c3ccc(S(C)(=O)=O)cc3[N+](=O)[O-])CC2)c1. The molecule has 1 heterocycles. The number of benzene rings is 2. The molecule has 154 valence electrons. The molecule has 2 aromatic carbocycles. The zero-order valence-corrected chi connectivity index (χ0v) is 16.9. The predicted molar refractivity (Wildman–Crippen MR) is 107 cm³/mol. The number of anilines is 1. The summed E-state index contributed by atoms with van der Waals surface area (Å²) in [5.74, 6) is 0.460. The van der Waals surface area contributed by atoms with Gasteiger partial charge in [0.1, 0.15) is 11.4 Å². The molecule has 1 amide bonds. The molecule has 1 fully saturated rings. The second kappa shape index (κ2) is 8.08. The zero-order chi connectivity index (χ0) is 21.2. The van der Waals surface area contributed by atoms with Crippen LogP contribution in [0.4, 0.5) is 11.4 Å². The molecule has 0 aliphatic carbocycles. The van der Waals surface area contributed by atoms with Crippen LogP contribution in [0.25, 0.3) is 0 Å². The van der Waals surface area contributed by atoms with Crippen molar-refractivity contribution in [3.8, 4) is 5.75 Å². The van der Waals surface area contributed by atoms with Crippen molar-refractivity contribution in [3.63, 3.8) is 0 Å². The molecule has 10 heteroatoms. The fraction of sp³-hybridized carbons (Fsp3) is 0.316. The molecule has 0 N–H and O–H groups in total. The largest absolute Gasteiger partial charge is 0.497 e. The fourth-order valence-electron chi connectivity index (χ4n) is 3.24. The Morgan fingerprint density at radius 1 is 1.10 bits per heavy atom. The minimum absolute atomic E-state index is 0.0974. The van der Waals surface area contributed by atoms with Crippen LogP contribution in [0.2, 0.25) is 0 Å². The molecule has 2 aromatic rings. The molecule has 1 saturated heterocycles. The smallest absolute Gasteiger partial charge is 0.293 e. The number of ether oxygens (including phenoxy) is 1. The van der Waals surface area contributed by atoms with E-state index < -0.39 is 14.8 Å². The standard InChI is InChI=1S/C19H21N3O6S/c1-28-15-5-3-4-14(12-15)19(23)21-10-8-20(9-11-21)17-7-6-16(29(2,26)27)13-18(17)22(24)25/h3-7,12-13H,8-11H2,1-2H3. The number of carbonyl (C=O) groups excluding carboxylic acids is 1. The van der Waals surface area contributed by atoms with Gasteiger partial charge in [-0.3, -0.25) is 14.9 Å². The third-order valence-electron chi connectivity index (χ3n) is 4.80. The normalized spacial score (nSPS) is 14.6. The van der Waals surface area contributed by atoms with Crippen molar-refractivity contribution >= 4 is 27.1 Å². The van der Waals surface area contributed by atoms with Crippen LogP contribution >= 0.6 is 0 Å². The number of nitro groups is 1. The first-order chi connectivity index (χ1) is 13.7. The second-order valence-corrected chi connectivity index (χ2v) is 8.71. The molecule has 1 aliphatic heterocycles. The molecule has 9 nitrogen and oxygen atoms in total. The lowest BCUT2D eigenvalue weighted by atomic mass is 10.1. The summed E-state index contributed by atoms with van der Waals surface area (Å²) in [4.78, 5) is 27.0. The van der Waals surface area contributed by atoms with E-state index in [1.165, 1.54) is 19.2 Å². The topological polar surface area (TPSA) is 110 Å².